The van der Waals surface area contributed by atoms with Gasteiger partial charge in [-0.15, -0.1) is 0 Å². The number of hydrogen-bond donors (Lipinski definition) is 1. The third-order valence-electron chi connectivity index (χ3n) is 3.94. The molecule has 5 heteroatoms. The van der Waals surface area contributed by atoms with Gasteiger partial charge in [0.2, 0.25) is 0 Å². The Bertz CT molecular complexity index is 445. The van der Waals surface area contributed by atoms with E-state index < -0.39 is 0 Å². The number of rotatable bonds is 1. The minimum Gasteiger partial charge on any atom is -0.337 e. The summed E-state index contributed by atoms with van der Waals surface area (Å²) in [5.41, 5.74) is 1.30. The quantitative estimate of drug-likeness (QED) is 0.788. The molecule has 18 heavy (non-hydrogen) atoms. The average molecular weight is 246 g/mol. The minimum absolute atomic E-state index is 0.0212. The number of fused-ring (bicyclic) bond motifs is 1. The predicted octanol–water partition coefficient (Wildman–Crippen LogP) is 0.609. The van der Waals surface area contributed by atoms with Crippen LogP contribution in [0.4, 0.5) is 0 Å². The van der Waals surface area contributed by atoms with E-state index in [4.69, 9.17) is 0 Å². The van der Waals surface area contributed by atoms with Gasteiger partial charge in [0.05, 0.1) is 11.9 Å². The van der Waals surface area contributed by atoms with Crippen molar-refractivity contribution in [3.8, 4) is 0 Å². The molecule has 2 aliphatic heterocycles. The number of aryl methyl sites for hydroxylation is 1. The van der Waals surface area contributed by atoms with Crippen molar-refractivity contribution in [2.75, 3.05) is 19.6 Å². The van der Waals surface area contributed by atoms with Crippen molar-refractivity contribution in [2.45, 2.75) is 25.8 Å². The summed E-state index contributed by atoms with van der Waals surface area (Å²) in [6.45, 7) is 4.63. The Morgan fingerprint density at radius 1 is 1.39 bits per heavy atom. The Morgan fingerprint density at radius 3 is 3.06 bits per heavy atom. The Morgan fingerprint density at radius 2 is 2.28 bits per heavy atom. The van der Waals surface area contributed by atoms with Crippen molar-refractivity contribution >= 4 is 5.91 Å². The van der Waals surface area contributed by atoms with Gasteiger partial charge >= 0.3 is 0 Å². The number of nitrogens with one attached hydrogen (secondary N) is 1. The standard InChI is InChI=1S/C13H18N4O/c1-9-6-16-12(7-15-9)13(18)17-5-3-11-10(8-17)2-4-14-11/h6-7,10-11,14H,2-5,8H2,1H3. The molecule has 2 saturated heterocycles. The Balaban J connectivity index is 1.71. The third kappa shape index (κ3) is 2.10. The van der Waals surface area contributed by atoms with Gasteiger partial charge in [0.25, 0.3) is 5.91 Å². The largest absolute Gasteiger partial charge is 0.337 e. The third-order valence-corrected chi connectivity index (χ3v) is 3.94. The van der Waals surface area contributed by atoms with E-state index in [2.05, 4.69) is 15.3 Å². The number of nitrogens with zero attached hydrogens (tertiary/aromatic N) is 3. The van der Waals surface area contributed by atoms with E-state index in [-0.39, 0.29) is 5.91 Å². The summed E-state index contributed by atoms with van der Waals surface area (Å²) in [6, 6.07) is 0.609. The van der Waals surface area contributed by atoms with Crippen LogP contribution in [0.3, 0.4) is 0 Å². The van der Waals surface area contributed by atoms with E-state index >= 15 is 0 Å². The average Bonchev–Trinajstić information content (AvgIpc) is 2.86. The van der Waals surface area contributed by atoms with Gasteiger partial charge in [-0.2, -0.15) is 0 Å². The lowest BCUT2D eigenvalue weighted by molar-refractivity contribution is 0.0655. The van der Waals surface area contributed by atoms with Gasteiger partial charge in [-0.25, -0.2) is 4.98 Å². The van der Waals surface area contributed by atoms with Crippen LogP contribution >= 0.6 is 0 Å². The fourth-order valence-corrected chi connectivity index (χ4v) is 2.90. The maximum Gasteiger partial charge on any atom is 0.274 e. The van der Waals surface area contributed by atoms with Crippen LogP contribution < -0.4 is 5.32 Å². The first-order chi connectivity index (χ1) is 8.74. The molecule has 5 nitrogen and oxygen atoms in total. The molecule has 2 aliphatic rings. The molecule has 0 aromatic carbocycles. The van der Waals surface area contributed by atoms with Crippen LogP contribution in [0.15, 0.2) is 12.4 Å². The first kappa shape index (κ1) is 11.6. The summed E-state index contributed by atoms with van der Waals surface area (Å²) in [5, 5.41) is 3.50. The molecule has 2 atom stereocenters. The summed E-state index contributed by atoms with van der Waals surface area (Å²) in [7, 11) is 0. The number of amides is 1. The van der Waals surface area contributed by atoms with Gasteiger partial charge in [-0.3, -0.25) is 9.78 Å². The minimum atomic E-state index is 0.0212. The summed E-state index contributed by atoms with van der Waals surface area (Å²) >= 11 is 0. The van der Waals surface area contributed by atoms with E-state index in [1.54, 1.807) is 12.4 Å². The molecule has 96 valence electrons. The van der Waals surface area contributed by atoms with E-state index in [0.717, 1.165) is 31.7 Å². The number of piperidine rings is 1. The van der Waals surface area contributed by atoms with Crippen LogP contribution in [0, 0.1) is 12.8 Å². The van der Waals surface area contributed by atoms with Crippen molar-refractivity contribution in [3.63, 3.8) is 0 Å². The highest BCUT2D eigenvalue weighted by Crippen LogP contribution is 2.25. The van der Waals surface area contributed by atoms with Gasteiger partial charge in [-0.1, -0.05) is 0 Å². The molecule has 1 amide bonds. The first-order valence-corrected chi connectivity index (χ1v) is 6.55. The zero-order valence-corrected chi connectivity index (χ0v) is 10.6. The molecule has 1 aromatic heterocycles. The van der Waals surface area contributed by atoms with Crippen LogP contribution in [0.5, 0.6) is 0 Å². The van der Waals surface area contributed by atoms with Crippen LogP contribution in [0.2, 0.25) is 0 Å². The monoisotopic (exact) mass is 246 g/mol. The maximum absolute atomic E-state index is 12.3. The summed E-state index contributed by atoms with van der Waals surface area (Å²) in [5.74, 6) is 0.633. The van der Waals surface area contributed by atoms with Crippen LogP contribution in [-0.2, 0) is 0 Å². The topological polar surface area (TPSA) is 58.1 Å². The molecule has 1 N–H and O–H groups in total. The van der Waals surface area contributed by atoms with E-state index in [9.17, 15) is 4.79 Å². The second kappa shape index (κ2) is 4.65. The fourth-order valence-electron chi connectivity index (χ4n) is 2.90. The summed E-state index contributed by atoms with van der Waals surface area (Å²) in [4.78, 5) is 22.5. The van der Waals surface area contributed by atoms with Gasteiger partial charge in [0.1, 0.15) is 5.69 Å². The first-order valence-electron chi connectivity index (χ1n) is 6.55. The smallest absolute Gasteiger partial charge is 0.274 e. The van der Waals surface area contributed by atoms with Crippen molar-refractivity contribution in [1.82, 2.24) is 20.2 Å². The van der Waals surface area contributed by atoms with Crippen molar-refractivity contribution < 1.29 is 4.79 Å². The van der Waals surface area contributed by atoms with Crippen molar-refractivity contribution in [1.29, 1.82) is 0 Å². The molecule has 0 saturated carbocycles. The molecule has 3 heterocycles. The molecule has 2 unspecified atom stereocenters. The highest BCUT2D eigenvalue weighted by molar-refractivity contribution is 5.92. The highest BCUT2D eigenvalue weighted by atomic mass is 16.2. The molecular weight excluding hydrogens is 228 g/mol. The zero-order valence-electron chi connectivity index (χ0n) is 10.6. The Kier molecular flexibility index (Phi) is 2.99. The molecule has 3 rings (SSSR count). The van der Waals surface area contributed by atoms with E-state index in [0.29, 0.717) is 17.7 Å². The number of carbonyl (C=O) groups is 1. The molecule has 1 aromatic rings. The van der Waals surface area contributed by atoms with Crippen LogP contribution in [-0.4, -0.2) is 46.5 Å². The van der Waals surface area contributed by atoms with E-state index in [1.807, 2.05) is 11.8 Å². The lowest BCUT2D eigenvalue weighted by atomic mass is 9.93. The Labute approximate surface area is 107 Å². The molecule has 0 aliphatic carbocycles. The second-order valence-corrected chi connectivity index (χ2v) is 5.19. The number of likely N-dealkylation sites (tertiary alicyclic amines) is 1. The summed E-state index contributed by atoms with van der Waals surface area (Å²) in [6.07, 6.45) is 5.46. The van der Waals surface area contributed by atoms with Gasteiger partial charge in [-0.05, 0) is 32.2 Å². The molecule has 0 bridgehead atoms. The zero-order chi connectivity index (χ0) is 12.5. The van der Waals surface area contributed by atoms with Gasteiger partial charge in [0.15, 0.2) is 0 Å². The molecule has 0 spiro atoms. The van der Waals surface area contributed by atoms with Crippen molar-refractivity contribution in [2.24, 2.45) is 5.92 Å². The second-order valence-electron chi connectivity index (χ2n) is 5.19. The van der Waals surface area contributed by atoms with Crippen LogP contribution in [0.1, 0.15) is 29.0 Å². The van der Waals surface area contributed by atoms with Gasteiger partial charge in [0, 0.05) is 25.3 Å². The number of aromatic nitrogens is 2. The Hall–Kier alpha value is -1.49. The SMILES string of the molecule is Cc1cnc(C(=O)N2CCC3NCCC3C2)cn1. The van der Waals surface area contributed by atoms with Gasteiger partial charge < -0.3 is 10.2 Å². The molecule has 2 fully saturated rings. The molecular formula is C13H18N4O. The van der Waals surface area contributed by atoms with E-state index in [1.165, 1.54) is 6.42 Å². The fraction of sp³-hybridized carbons (Fsp3) is 0.615. The lowest BCUT2D eigenvalue weighted by Crippen LogP contribution is -2.47. The lowest BCUT2D eigenvalue weighted by Gasteiger charge is -2.34. The highest BCUT2D eigenvalue weighted by Gasteiger charge is 2.34. The maximum atomic E-state index is 12.3. The number of carbonyl (C=O) groups excluding carboxylic acids is 1. The van der Waals surface area contributed by atoms with Crippen molar-refractivity contribution in [3.05, 3.63) is 23.8 Å². The molecule has 0 radical (unpaired) electrons. The number of hydrogen-bond acceptors (Lipinski definition) is 4. The summed E-state index contributed by atoms with van der Waals surface area (Å²) < 4.78 is 0. The van der Waals surface area contributed by atoms with Crippen LogP contribution in [0.25, 0.3) is 0 Å². The normalized spacial score (nSPS) is 27.1. The predicted molar refractivity (Wildman–Crippen MR) is 67.2 cm³/mol.